The summed E-state index contributed by atoms with van der Waals surface area (Å²) in [4.78, 5) is 11.0. The van der Waals surface area contributed by atoms with Crippen LogP contribution >= 0.6 is 11.8 Å². The molecular weight excluding hydrogens is 416 g/mol. The highest BCUT2D eigenvalue weighted by molar-refractivity contribution is 7.98. The summed E-state index contributed by atoms with van der Waals surface area (Å²) in [5, 5.41) is 22.1. The Balaban J connectivity index is 1.59. The van der Waals surface area contributed by atoms with E-state index in [4.69, 9.17) is 9.47 Å². The molecule has 8 nitrogen and oxygen atoms in total. The van der Waals surface area contributed by atoms with E-state index < -0.39 is 4.92 Å². The van der Waals surface area contributed by atoms with Gasteiger partial charge in [0.15, 0.2) is 17.6 Å². The molecule has 0 bridgehead atoms. The van der Waals surface area contributed by atoms with Crippen molar-refractivity contribution >= 4 is 34.0 Å². The topological polar surface area (TPSA) is 91.8 Å². The van der Waals surface area contributed by atoms with Gasteiger partial charge in [-0.25, -0.2) is 0 Å². The molecule has 0 saturated carbocycles. The van der Waals surface area contributed by atoms with Gasteiger partial charge in [-0.15, -0.1) is 10.2 Å². The fourth-order valence-electron chi connectivity index (χ4n) is 4.14. The number of nitro benzene ring substituents is 1. The molecule has 1 aliphatic rings. The highest BCUT2D eigenvalue weighted by Gasteiger charge is 2.22. The Hall–Kier alpha value is -3.17. The van der Waals surface area contributed by atoms with E-state index in [2.05, 4.69) is 47.5 Å². The summed E-state index contributed by atoms with van der Waals surface area (Å²) in [5.74, 6) is 1.12. The zero-order chi connectivity index (χ0) is 21.7. The van der Waals surface area contributed by atoms with Crippen molar-refractivity contribution < 1.29 is 14.4 Å². The van der Waals surface area contributed by atoms with Gasteiger partial charge in [-0.3, -0.25) is 14.5 Å². The van der Waals surface area contributed by atoms with Crippen LogP contribution in [0, 0.1) is 30.9 Å². The summed E-state index contributed by atoms with van der Waals surface area (Å²) in [6.45, 7) is 6.70. The molecule has 4 aromatic rings. The molecule has 0 spiro atoms. The van der Waals surface area contributed by atoms with Crippen LogP contribution < -0.4 is 4.74 Å². The molecule has 9 heteroatoms. The van der Waals surface area contributed by atoms with Crippen molar-refractivity contribution in [1.29, 1.82) is 0 Å². The van der Waals surface area contributed by atoms with Gasteiger partial charge in [0.05, 0.1) is 17.0 Å². The number of fused-ring (bicyclic) bond motifs is 4. The van der Waals surface area contributed by atoms with Crippen molar-refractivity contribution in [3.05, 3.63) is 68.3 Å². The first-order chi connectivity index (χ1) is 14.9. The van der Waals surface area contributed by atoms with E-state index in [9.17, 15) is 10.1 Å². The average molecular weight is 436 g/mol. The lowest BCUT2D eigenvalue weighted by Gasteiger charge is -2.20. The van der Waals surface area contributed by atoms with Crippen molar-refractivity contribution in [2.45, 2.75) is 38.3 Å². The Bertz CT molecular complexity index is 1370. The number of hydrogen-bond donors (Lipinski definition) is 0. The molecule has 2 aromatic heterocycles. The van der Waals surface area contributed by atoms with Gasteiger partial charge in [-0.05, 0) is 44.0 Å². The Morgan fingerprint density at radius 2 is 1.97 bits per heavy atom. The standard InChI is InChI=1S/C22H20N4O4S/c1-12-4-14(3)20-18(5-12)13(2)6-19-23-24-22(25(19)20)31-10-16-8-17(26(27)28)7-15-9-29-11-30-21(15)16/h4-8H,9-11H2,1-3H3. The van der Waals surface area contributed by atoms with E-state index in [1.165, 1.54) is 28.8 Å². The van der Waals surface area contributed by atoms with Crippen LogP contribution in [0.4, 0.5) is 5.69 Å². The molecule has 0 unspecified atom stereocenters. The third-order valence-electron chi connectivity index (χ3n) is 5.44. The van der Waals surface area contributed by atoms with Crippen molar-refractivity contribution in [2.24, 2.45) is 0 Å². The molecule has 0 N–H and O–H groups in total. The van der Waals surface area contributed by atoms with Gasteiger partial charge in [0.2, 0.25) is 0 Å². The molecule has 0 amide bonds. The van der Waals surface area contributed by atoms with Crippen molar-refractivity contribution in [3.8, 4) is 5.75 Å². The molecule has 0 aliphatic carbocycles. The minimum absolute atomic E-state index is 0.0296. The molecule has 3 heterocycles. The molecule has 31 heavy (non-hydrogen) atoms. The molecule has 158 valence electrons. The number of benzene rings is 2. The summed E-state index contributed by atoms with van der Waals surface area (Å²) in [5.41, 5.74) is 6.84. The van der Waals surface area contributed by atoms with Crippen molar-refractivity contribution in [2.75, 3.05) is 6.79 Å². The molecule has 0 radical (unpaired) electrons. The maximum Gasteiger partial charge on any atom is 0.270 e. The monoisotopic (exact) mass is 436 g/mol. The first kappa shape index (κ1) is 19.8. The largest absolute Gasteiger partial charge is 0.467 e. The predicted molar refractivity (Wildman–Crippen MR) is 118 cm³/mol. The number of nitro groups is 1. The third-order valence-corrected chi connectivity index (χ3v) is 6.41. The SMILES string of the molecule is Cc1cc(C)c2c(c1)c(C)cc1nnc(SCc3cc([N+](=O)[O-])cc4c3OCOC4)n12. The summed E-state index contributed by atoms with van der Waals surface area (Å²) in [6.07, 6.45) is 0. The molecular formula is C22H20N4O4S. The van der Waals surface area contributed by atoms with E-state index in [0.29, 0.717) is 23.7 Å². The lowest BCUT2D eigenvalue weighted by atomic mass is 10.0. The van der Waals surface area contributed by atoms with Gasteiger partial charge in [-0.1, -0.05) is 23.4 Å². The summed E-state index contributed by atoms with van der Waals surface area (Å²) >= 11 is 1.48. The Kier molecular flexibility index (Phi) is 4.79. The van der Waals surface area contributed by atoms with Crippen LogP contribution in [0.5, 0.6) is 5.75 Å². The van der Waals surface area contributed by atoms with Gasteiger partial charge in [0.25, 0.3) is 5.69 Å². The van der Waals surface area contributed by atoms with Crippen LogP contribution in [0.3, 0.4) is 0 Å². The zero-order valence-electron chi connectivity index (χ0n) is 17.3. The van der Waals surface area contributed by atoms with Crippen molar-refractivity contribution in [1.82, 2.24) is 14.6 Å². The Morgan fingerprint density at radius 3 is 2.77 bits per heavy atom. The van der Waals surface area contributed by atoms with Crippen LogP contribution in [0.1, 0.15) is 27.8 Å². The minimum atomic E-state index is -0.391. The molecule has 0 saturated heterocycles. The fraction of sp³-hybridized carbons (Fsp3) is 0.273. The van der Waals surface area contributed by atoms with Gasteiger partial charge >= 0.3 is 0 Å². The van der Waals surface area contributed by atoms with E-state index in [1.807, 2.05) is 6.07 Å². The number of aryl methyl sites for hydroxylation is 3. The van der Waals surface area contributed by atoms with Gasteiger partial charge < -0.3 is 9.47 Å². The zero-order valence-corrected chi connectivity index (χ0v) is 18.2. The minimum Gasteiger partial charge on any atom is -0.467 e. The van der Waals surface area contributed by atoms with E-state index in [1.54, 1.807) is 6.07 Å². The van der Waals surface area contributed by atoms with Crippen LogP contribution in [0.25, 0.3) is 16.6 Å². The number of ether oxygens (including phenoxy) is 2. The number of non-ortho nitro benzene ring substituents is 1. The fourth-order valence-corrected chi connectivity index (χ4v) is 5.05. The highest BCUT2D eigenvalue weighted by atomic mass is 32.2. The smallest absolute Gasteiger partial charge is 0.270 e. The van der Waals surface area contributed by atoms with E-state index >= 15 is 0 Å². The quantitative estimate of drug-likeness (QED) is 0.256. The number of thioether (sulfide) groups is 1. The normalized spacial score (nSPS) is 13.4. The Labute approximate surface area is 182 Å². The van der Waals surface area contributed by atoms with Crippen LogP contribution in [0.15, 0.2) is 35.5 Å². The lowest BCUT2D eigenvalue weighted by Crippen LogP contribution is -2.13. The van der Waals surface area contributed by atoms with Crippen LogP contribution in [-0.4, -0.2) is 26.3 Å². The van der Waals surface area contributed by atoms with Crippen LogP contribution in [0.2, 0.25) is 0 Å². The molecule has 0 fully saturated rings. The maximum atomic E-state index is 11.4. The second-order valence-electron chi connectivity index (χ2n) is 7.73. The number of nitrogens with zero attached hydrogens (tertiary/aromatic N) is 4. The first-order valence-electron chi connectivity index (χ1n) is 9.81. The summed E-state index contributed by atoms with van der Waals surface area (Å²) < 4.78 is 13.0. The molecule has 1 aliphatic heterocycles. The van der Waals surface area contributed by atoms with E-state index in [0.717, 1.165) is 33.0 Å². The molecule has 2 aromatic carbocycles. The van der Waals surface area contributed by atoms with Gasteiger partial charge in [-0.2, -0.15) is 0 Å². The van der Waals surface area contributed by atoms with E-state index in [-0.39, 0.29) is 12.5 Å². The second-order valence-corrected chi connectivity index (χ2v) is 8.67. The number of hydrogen-bond acceptors (Lipinski definition) is 7. The highest BCUT2D eigenvalue weighted by Crippen LogP contribution is 2.37. The van der Waals surface area contributed by atoms with Crippen molar-refractivity contribution in [3.63, 3.8) is 0 Å². The Morgan fingerprint density at radius 1 is 1.13 bits per heavy atom. The van der Waals surface area contributed by atoms with Crippen LogP contribution in [-0.2, 0) is 17.1 Å². The van der Waals surface area contributed by atoms with Gasteiger partial charge in [0, 0.05) is 34.4 Å². The summed E-state index contributed by atoms with van der Waals surface area (Å²) in [7, 11) is 0. The predicted octanol–water partition coefficient (Wildman–Crippen LogP) is 4.87. The first-order valence-corrected chi connectivity index (χ1v) is 10.8. The third kappa shape index (κ3) is 3.39. The second kappa shape index (κ2) is 7.51. The number of pyridine rings is 1. The summed E-state index contributed by atoms with van der Waals surface area (Å²) in [6, 6.07) is 9.44. The number of rotatable bonds is 4. The lowest BCUT2D eigenvalue weighted by molar-refractivity contribution is -0.385. The molecule has 0 atom stereocenters. The number of aromatic nitrogens is 3. The molecule has 5 rings (SSSR count). The average Bonchev–Trinajstić information content (AvgIpc) is 3.14. The maximum absolute atomic E-state index is 11.4. The van der Waals surface area contributed by atoms with Gasteiger partial charge in [0.1, 0.15) is 5.75 Å².